The van der Waals surface area contributed by atoms with Gasteiger partial charge in [0.05, 0.1) is 27.6 Å². The summed E-state index contributed by atoms with van der Waals surface area (Å²) in [6.07, 6.45) is 0.585. The Hall–Kier alpha value is -0.610. The van der Waals surface area contributed by atoms with Crippen LogP contribution in [0.3, 0.4) is 0 Å². The molecule has 0 aromatic heterocycles. The molecule has 0 saturated heterocycles. The molecule has 4 heteroatoms. The van der Waals surface area contributed by atoms with Crippen molar-refractivity contribution in [1.29, 1.82) is 0 Å². The first-order valence-electron chi connectivity index (χ1n) is 3.62. The lowest BCUT2D eigenvalue weighted by Gasteiger charge is -2.30. The number of hydrogen-bond donors (Lipinski definition) is 2. The molecule has 0 rings (SSSR count). The van der Waals surface area contributed by atoms with Crippen LogP contribution in [0.5, 0.6) is 0 Å². The van der Waals surface area contributed by atoms with E-state index in [4.69, 9.17) is 10.8 Å². The van der Waals surface area contributed by atoms with Crippen molar-refractivity contribution in [3.8, 4) is 0 Å². The van der Waals surface area contributed by atoms with Crippen molar-refractivity contribution < 1.29 is 14.4 Å². The molecule has 1 atom stereocenters. The molecule has 0 spiro atoms. The van der Waals surface area contributed by atoms with Gasteiger partial charge in [0, 0.05) is 6.42 Å². The summed E-state index contributed by atoms with van der Waals surface area (Å²) in [5.41, 5.74) is 5.71. The van der Waals surface area contributed by atoms with E-state index < -0.39 is 5.97 Å². The SMILES string of the molecule is C[N+](C)(C)C(N)CCC(=O)O. The maximum Gasteiger partial charge on any atom is 0.303 e. The molecule has 0 amide bonds. The van der Waals surface area contributed by atoms with Crippen LogP contribution in [0.15, 0.2) is 0 Å². The molecule has 66 valence electrons. The first-order valence-corrected chi connectivity index (χ1v) is 3.62. The Morgan fingerprint density at radius 3 is 2.27 bits per heavy atom. The number of aliphatic carboxylic acids is 1. The maximum atomic E-state index is 10.2. The number of quaternary nitrogens is 1. The van der Waals surface area contributed by atoms with Gasteiger partial charge < -0.3 is 9.59 Å². The van der Waals surface area contributed by atoms with Gasteiger partial charge in [-0.2, -0.15) is 0 Å². The Kier molecular flexibility index (Phi) is 3.48. The first-order chi connectivity index (χ1) is 4.84. The fraction of sp³-hybridized carbons (Fsp3) is 0.857. The summed E-state index contributed by atoms with van der Waals surface area (Å²) in [7, 11) is 5.85. The van der Waals surface area contributed by atoms with E-state index in [1.54, 1.807) is 0 Å². The highest BCUT2D eigenvalue weighted by Crippen LogP contribution is 2.03. The molecule has 0 heterocycles. The third kappa shape index (κ3) is 4.75. The summed E-state index contributed by atoms with van der Waals surface area (Å²) in [4.78, 5) is 10.2. The monoisotopic (exact) mass is 161 g/mol. The van der Waals surface area contributed by atoms with Crippen molar-refractivity contribution in [1.82, 2.24) is 0 Å². The van der Waals surface area contributed by atoms with Crippen LogP contribution in [0.1, 0.15) is 12.8 Å². The zero-order valence-electron chi connectivity index (χ0n) is 7.37. The van der Waals surface area contributed by atoms with Crippen LogP contribution in [-0.2, 0) is 4.79 Å². The Morgan fingerprint density at radius 2 is 2.00 bits per heavy atom. The minimum absolute atomic E-state index is 0.0916. The lowest BCUT2D eigenvalue weighted by molar-refractivity contribution is -0.896. The Bertz CT molecular complexity index is 140. The zero-order chi connectivity index (χ0) is 9.07. The van der Waals surface area contributed by atoms with Crippen molar-refractivity contribution in [3.05, 3.63) is 0 Å². The van der Waals surface area contributed by atoms with Crippen molar-refractivity contribution in [3.63, 3.8) is 0 Å². The fourth-order valence-electron chi connectivity index (χ4n) is 0.659. The van der Waals surface area contributed by atoms with Crippen LogP contribution in [0, 0.1) is 0 Å². The van der Waals surface area contributed by atoms with Crippen LogP contribution in [0.2, 0.25) is 0 Å². The second kappa shape index (κ2) is 3.69. The molecule has 4 nitrogen and oxygen atoms in total. The molecule has 0 aliphatic carbocycles. The third-order valence-electron chi connectivity index (χ3n) is 1.65. The minimum atomic E-state index is -0.783. The first kappa shape index (κ1) is 10.4. The molecule has 0 aromatic carbocycles. The maximum absolute atomic E-state index is 10.2. The Morgan fingerprint density at radius 1 is 1.55 bits per heavy atom. The van der Waals surface area contributed by atoms with Gasteiger partial charge in [-0.3, -0.25) is 10.5 Å². The van der Waals surface area contributed by atoms with Crippen molar-refractivity contribution in [2.24, 2.45) is 5.73 Å². The molecule has 0 saturated carbocycles. The number of carboxylic acids is 1. The van der Waals surface area contributed by atoms with Crippen LogP contribution in [-0.4, -0.2) is 42.9 Å². The largest absolute Gasteiger partial charge is 0.481 e. The van der Waals surface area contributed by atoms with Gasteiger partial charge in [-0.15, -0.1) is 0 Å². The Balaban J connectivity index is 3.70. The highest BCUT2D eigenvalue weighted by molar-refractivity contribution is 5.66. The van der Waals surface area contributed by atoms with Crippen molar-refractivity contribution >= 4 is 5.97 Å². The van der Waals surface area contributed by atoms with Gasteiger partial charge >= 0.3 is 5.97 Å². The molecule has 0 aliphatic rings. The van der Waals surface area contributed by atoms with Crippen LogP contribution in [0.4, 0.5) is 0 Å². The predicted octanol–water partition coefficient (Wildman–Crippen LogP) is -0.158. The second-order valence-electron chi connectivity index (χ2n) is 3.62. The van der Waals surface area contributed by atoms with Crippen molar-refractivity contribution in [2.75, 3.05) is 21.1 Å². The van der Waals surface area contributed by atoms with E-state index in [1.165, 1.54) is 0 Å². The van der Waals surface area contributed by atoms with E-state index in [2.05, 4.69) is 0 Å². The number of hydrogen-bond acceptors (Lipinski definition) is 2. The van der Waals surface area contributed by atoms with E-state index in [9.17, 15) is 4.79 Å². The summed E-state index contributed by atoms with van der Waals surface area (Å²) in [6, 6.07) is 0. The predicted molar refractivity (Wildman–Crippen MR) is 42.9 cm³/mol. The summed E-state index contributed by atoms with van der Waals surface area (Å²) < 4.78 is 0.604. The van der Waals surface area contributed by atoms with Crippen LogP contribution >= 0.6 is 0 Å². The minimum Gasteiger partial charge on any atom is -0.481 e. The highest BCUT2D eigenvalue weighted by Gasteiger charge is 2.19. The standard InChI is InChI=1S/C7H16N2O2/c1-9(2,3)6(8)4-5-7(10)11/h6H,4-5,8H2,1-3H3/p+1. The zero-order valence-corrected chi connectivity index (χ0v) is 7.37. The number of nitrogens with zero attached hydrogens (tertiary/aromatic N) is 1. The summed E-state index contributed by atoms with van der Waals surface area (Å²) >= 11 is 0. The molecule has 0 radical (unpaired) electrons. The van der Waals surface area contributed by atoms with Gasteiger partial charge in [0.15, 0.2) is 0 Å². The fourth-order valence-corrected chi connectivity index (χ4v) is 0.659. The van der Waals surface area contributed by atoms with E-state index in [0.717, 1.165) is 0 Å². The normalized spacial score (nSPS) is 14.5. The average Bonchev–Trinajstić information content (AvgIpc) is 1.80. The second-order valence-corrected chi connectivity index (χ2v) is 3.62. The molecular weight excluding hydrogens is 144 g/mol. The van der Waals surface area contributed by atoms with Crippen molar-refractivity contribution in [2.45, 2.75) is 19.0 Å². The molecule has 0 aliphatic heterocycles. The average molecular weight is 161 g/mol. The molecule has 0 bridgehead atoms. The number of carbonyl (C=O) groups is 1. The molecular formula is C7H17N2O2+. The molecule has 3 N–H and O–H groups in total. The van der Waals surface area contributed by atoms with Crippen LogP contribution in [0.25, 0.3) is 0 Å². The molecule has 1 unspecified atom stereocenters. The summed E-state index contributed by atoms with van der Waals surface area (Å²) in [6.45, 7) is 0. The van der Waals surface area contributed by atoms with Gasteiger partial charge in [0.1, 0.15) is 6.17 Å². The molecule has 0 fully saturated rings. The van der Waals surface area contributed by atoms with Gasteiger partial charge in [-0.25, -0.2) is 0 Å². The third-order valence-corrected chi connectivity index (χ3v) is 1.65. The van der Waals surface area contributed by atoms with Gasteiger partial charge in [-0.1, -0.05) is 0 Å². The number of carboxylic acid groups (broad SMARTS) is 1. The summed E-state index contributed by atoms with van der Waals surface area (Å²) in [5, 5.41) is 8.37. The van der Waals surface area contributed by atoms with Crippen LogP contribution < -0.4 is 5.73 Å². The van der Waals surface area contributed by atoms with E-state index in [-0.39, 0.29) is 12.6 Å². The lowest BCUT2D eigenvalue weighted by Crippen LogP contribution is -2.50. The van der Waals surface area contributed by atoms with Gasteiger partial charge in [0.25, 0.3) is 0 Å². The molecule has 11 heavy (non-hydrogen) atoms. The number of rotatable bonds is 4. The van der Waals surface area contributed by atoms with E-state index in [0.29, 0.717) is 10.9 Å². The van der Waals surface area contributed by atoms with Gasteiger partial charge in [0.2, 0.25) is 0 Å². The summed E-state index contributed by atoms with van der Waals surface area (Å²) in [5.74, 6) is -0.783. The van der Waals surface area contributed by atoms with E-state index >= 15 is 0 Å². The lowest BCUT2D eigenvalue weighted by atomic mass is 10.2. The Labute approximate surface area is 67.2 Å². The topological polar surface area (TPSA) is 63.3 Å². The van der Waals surface area contributed by atoms with E-state index in [1.807, 2.05) is 21.1 Å². The molecule has 0 aromatic rings. The smallest absolute Gasteiger partial charge is 0.303 e. The quantitative estimate of drug-likeness (QED) is 0.445. The highest BCUT2D eigenvalue weighted by atomic mass is 16.4. The van der Waals surface area contributed by atoms with Gasteiger partial charge in [-0.05, 0) is 0 Å². The number of nitrogens with two attached hydrogens (primary N) is 1.